The molecule has 0 bridgehead atoms. The zero-order chi connectivity index (χ0) is 16.5. The summed E-state index contributed by atoms with van der Waals surface area (Å²) < 4.78 is 5.38. The molecule has 4 heteroatoms. The van der Waals surface area contributed by atoms with Gasteiger partial charge in [0, 0.05) is 16.6 Å². The highest BCUT2D eigenvalue weighted by Gasteiger charge is 2.20. The van der Waals surface area contributed by atoms with Gasteiger partial charge in [0.05, 0.1) is 7.11 Å². The molecule has 2 aromatic heterocycles. The maximum atomic E-state index is 9.70. The molecule has 0 fully saturated rings. The van der Waals surface area contributed by atoms with E-state index in [4.69, 9.17) is 9.72 Å². The van der Waals surface area contributed by atoms with Crippen LogP contribution in [0, 0.1) is 11.3 Å². The lowest BCUT2D eigenvalue weighted by Crippen LogP contribution is -2.07. The minimum atomic E-state index is 0.340. The maximum absolute atomic E-state index is 9.70. The lowest BCUT2D eigenvalue weighted by molar-refractivity contribution is 0.398. The van der Waals surface area contributed by atoms with E-state index in [0.29, 0.717) is 17.1 Å². The maximum Gasteiger partial charge on any atom is 0.234 e. The second-order valence-electron chi connectivity index (χ2n) is 6.02. The van der Waals surface area contributed by atoms with Gasteiger partial charge in [-0.05, 0) is 42.9 Å². The first kappa shape index (κ1) is 14.6. The van der Waals surface area contributed by atoms with Gasteiger partial charge in [-0.2, -0.15) is 10.2 Å². The highest BCUT2D eigenvalue weighted by molar-refractivity contribution is 5.97. The van der Waals surface area contributed by atoms with Crippen LogP contribution < -0.4 is 4.74 Å². The minimum absolute atomic E-state index is 0.340. The Hall–Kier alpha value is -2.93. The second kappa shape index (κ2) is 5.93. The third-order valence-corrected chi connectivity index (χ3v) is 4.59. The number of rotatable bonds is 2. The Balaban J connectivity index is 2.11. The third-order valence-electron chi connectivity index (χ3n) is 4.59. The summed E-state index contributed by atoms with van der Waals surface area (Å²) in [5.74, 6) is 0.340. The van der Waals surface area contributed by atoms with Crippen molar-refractivity contribution in [1.82, 2.24) is 9.97 Å². The molecule has 4 nitrogen and oxygen atoms in total. The Kier molecular flexibility index (Phi) is 3.62. The number of nitrogens with zero attached hydrogens (tertiary/aromatic N) is 3. The summed E-state index contributed by atoms with van der Waals surface area (Å²) in [6.45, 7) is 0. The molecular weight excluding hydrogens is 298 g/mol. The Morgan fingerprint density at radius 1 is 1.08 bits per heavy atom. The molecule has 0 saturated carbocycles. The van der Waals surface area contributed by atoms with E-state index in [9.17, 15) is 5.26 Å². The van der Waals surface area contributed by atoms with E-state index in [2.05, 4.69) is 17.1 Å². The van der Waals surface area contributed by atoms with E-state index in [0.717, 1.165) is 35.0 Å². The molecule has 0 saturated heterocycles. The van der Waals surface area contributed by atoms with Crippen molar-refractivity contribution in [2.45, 2.75) is 25.7 Å². The van der Waals surface area contributed by atoms with Gasteiger partial charge in [0.2, 0.25) is 5.88 Å². The normalized spacial score (nSPS) is 13.3. The fourth-order valence-electron chi connectivity index (χ4n) is 3.44. The number of pyridine rings is 2. The molecule has 24 heavy (non-hydrogen) atoms. The zero-order valence-corrected chi connectivity index (χ0v) is 13.5. The first-order valence-corrected chi connectivity index (χ1v) is 8.18. The first-order chi connectivity index (χ1) is 11.8. The molecule has 0 unspecified atom stereocenters. The van der Waals surface area contributed by atoms with Crippen LogP contribution in [-0.2, 0) is 12.8 Å². The number of fused-ring (bicyclic) bond motifs is 2. The molecule has 4 rings (SSSR count). The predicted octanol–water partition coefficient (Wildman–Crippen LogP) is 4.06. The smallest absolute Gasteiger partial charge is 0.234 e. The molecule has 0 aliphatic heterocycles. The van der Waals surface area contributed by atoms with Crippen LogP contribution in [0.4, 0.5) is 0 Å². The average Bonchev–Trinajstić information content (AvgIpc) is 2.65. The van der Waals surface area contributed by atoms with E-state index >= 15 is 0 Å². The summed E-state index contributed by atoms with van der Waals surface area (Å²) >= 11 is 0. The summed E-state index contributed by atoms with van der Waals surface area (Å²) in [7, 11) is 1.54. The van der Waals surface area contributed by atoms with Gasteiger partial charge in [0.25, 0.3) is 0 Å². The largest absolute Gasteiger partial charge is 0.480 e. The van der Waals surface area contributed by atoms with Crippen LogP contribution >= 0.6 is 0 Å². The Morgan fingerprint density at radius 3 is 2.62 bits per heavy atom. The summed E-state index contributed by atoms with van der Waals surface area (Å²) in [4.78, 5) is 9.29. The minimum Gasteiger partial charge on any atom is -0.480 e. The van der Waals surface area contributed by atoms with Crippen LogP contribution in [0.1, 0.15) is 29.7 Å². The van der Waals surface area contributed by atoms with Gasteiger partial charge in [0.15, 0.2) is 5.65 Å². The van der Waals surface area contributed by atoms with Gasteiger partial charge in [-0.25, -0.2) is 4.98 Å². The van der Waals surface area contributed by atoms with Crippen molar-refractivity contribution in [2.24, 2.45) is 0 Å². The van der Waals surface area contributed by atoms with Crippen molar-refractivity contribution in [3.05, 3.63) is 53.2 Å². The summed E-state index contributed by atoms with van der Waals surface area (Å²) in [6, 6.07) is 14.4. The van der Waals surface area contributed by atoms with E-state index in [1.54, 1.807) is 7.11 Å². The number of methoxy groups -OCH3 is 1. The summed E-state index contributed by atoms with van der Waals surface area (Å²) in [5, 5.41) is 10.6. The molecule has 1 aromatic carbocycles. The van der Waals surface area contributed by atoms with E-state index in [-0.39, 0.29) is 0 Å². The van der Waals surface area contributed by atoms with Crippen LogP contribution in [-0.4, -0.2) is 17.1 Å². The van der Waals surface area contributed by atoms with Gasteiger partial charge < -0.3 is 4.74 Å². The van der Waals surface area contributed by atoms with Crippen LogP contribution in [0.3, 0.4) is 0 Å². The lowest BCUT2D eigenvalue weighted by atomic mass is 9.92. The highest BCUT2D eigenvalue weighted by Crippen LogP contribution is 2.36. The van der Waals surface area contributed by atoms with Crippen molar-refractivity contribution in [3.63, 3.8) is 0 Å². The number of aromatic nitrogens is 2. The number of hydrogen-bond acceptors (Lipinski definition) is 4. The predicted molar refractivity (Wildman–Crippen MR) is 92.9 cm³/mol. The standard InChI is InChI=1S/C20H17N3O/c1-24-20-16(12-21)18(13-7-3-2-4-8-13)15-11-14-9-5-6-10-17(14)22-19(15)23-20/h2-4,7-8,11H,5-6,9-10H2,1H3. The fraction of sp³-hybridized carbons (Fsp3) is 0.250. The Labute approximate surface area is 140 Å². The second-order valence-corrected chi connectivity index (χ2v) is 6.02. The fourth-order valence-corrected chi connectivity index (χ4v) is 3.44. The molecule has 0 spiro atoms. The molecule has 1 aliphatic carbocycles. The topological polar surface area (TPSA) is 58.8 Å². The lowest BCUT2D eigenvalue weighted by Gasteiger charge is -2.18. The zero-order valence-electron chi connectivity index (χ0n) is 13.5. The van der Waals surface area contributed by atoms with Crippen molar-refractivity contribution >= 4 is 11.0 Å². The average molecular weight is 315 g/mol. The summed E-state index contributed by atoms with van der Waals surface area (Å²) in [5.41, 5.74) is 5.38. The number of nitriles is 1. The molecule has 1 aliphatic rings. The molecule has 0 radical (unpaired) electrons. The van der Waals surface area contributed by atoms with Crippen LogP contribution in [0.5, 0.6) is 5.88 Å². The van der Waals surface area contributed by atoms with E-state index in [1.165, 1.54) is 18.4 Å². The molecular formula is C20H17N3O. The highest BCUT2D eigenvalue weighted by atomic mass is 16.5. The third kappa shape index (κ3) is 2.30. The SMILES string of the molecule is COc1nc2nc3c(cc2c(-c2ccccc2)c1C#N)CCCC3. The summed E-state index contributed by atoms with van der Waals surface area (Å²) in [6.07, 6.45) is 4.40. The molecule has 0 N–H and O–H groups in total. The first-order valence-electron chi connectivity index (χ1n) is 8.18. The van der Waals surface area contributed by atoms with E-state index in [1.807, 2.05) is 30.3 Å². The van der Waals surface area contributed by atoms with Gasteiger partial charge in [0.1, 0.15) is 11.6 Å². The van der Waals surface area contributed by atoms with Crippen LogP contribution in [0.2, 0.25) is 0 Å². The van der Waals surface area contributed by atoms with Crippen LogP contribution in [0.15, 0.2) is 36.4 Å². The van der Waals surface area contributed by atoms with Gasteiger partial charge in [-0.3, -0.25) is 0 Å². The number of benzene rings is 1. The van der Waals surface area contributed by atoms with Crippen molar-refractivity contribution in [1.29, 1.82) is 5.26 Å². The Morgan fingerprint density at radius 2 is 1.88 bits per heavy atom. The Bertz CT molecular complexity index is 958. The molecule has 2 heterocycles. The van der Waals surface area contributed by atoms with Gasteiger partial charge >= 0.3 is 0 Å². The molecule has 0 atom stereocenters. The van der Waals surface area contributed by atoms with E-state index < -0.39 is 0 Å². The van der Waals surface area contributed by atoms with Crippen molar-refractivity contribution in [3.8, 4) is 23.1 Å². The van der Waals surface area contributed by atoms with Crippen LogP contribution in [0.25, 0.3) is 22.2 Å². The monoisotopic (exact) mass is 315 g/mol. The molecule has 0 amide bonds. The quantitative estimate of drug-likeness (QED) is 0.715. The molecule has 118 valence electrons. The van der Waals surface area contributed by atoms with Crippen molar-refractivity contribution < 1.29 is 4.74 Å². The molecule has 3 aromatic rings. The number of hydrogen-bond donors (Lipinski definition) is 0. The van der Waals surface area contributed by atoms with Crippen molar-refractivity contribution in [2.75, 3.05) is 7.11 Å². The number of ether oxygens (including phenoxy) is 1. The van der Waals surface area contributed by atoms with Gasteiger partial charge in [-0.15, -0.1) is 0 Å². The number of aryl methyl sites for hydroxylation is 2. The van der Waals surface area contributed by atoms with Gasteiger partial charge in [-0.1, -0.05) is 30.3 Å².